The van der Waals surface area contributed by atoms with Crippen LogP contribution in [-0.2, 0) is 9.53 Å². The fourth-order valence-electron chi connectivity index (χ4n) is 1.34. The van der Waals surface area contributed by atoms with E-state index in [9.17, 15) is 9.18 Å². The van der Waals surface area contributed by atoms with Gasteiger partial charge in [-0.15, -0.1) is 0 Å². The van der Waals surface area contributed by atoms with Crippen molar-refractivity contribution in [2.24, 2.45) is 0 Å². The lowest BCUT2D eigenvalue weighted by Gasteiger charge is -2.09. The van der Waals surface area contributed by atoms with Gasteiger partial charge in [-0.2, -0.15) is 0 Å². The summed E-state index contributed by atoms with van der Waals surface area (Å²) in [6, 6.07) is 4.35. The van der Waals surface area contributed by atoms with E-state index in [2.05, 4.69) is 10.6 Å². The Hall–Kier alpha value is -1.33. The van der Waals surface area contributed by atoms with E-state index in [-0.39, 0.29) is 23.2 Å². The molecule has 0 radical (unpaired) electrons. The van der Waals surface area contributed by atoms with E-state index in [1.807, 2.05) is 0 Å². The van der Waals surface area contributed by atoms with Crippen LogP contribution in [0.25, 0.3) is 0 Å². The van der Waals surface area contributed by atoms with Crippen molar-refractivity contribution in [1.29, 1.82) is 0 Å². The van der Waals surface area contributed by atoms with E-state index in [1.165, 1.54) is 12.1 Å². The Bertz CT molecular complexity index is 381. The largest absolute Gasteiger partial charge is 0.385 e. The molecule has 0 aliphatic heterocycles. The number of nitrogens with one attached hydrogen (secondary N) is 2. The van der Waals surface area contributed by atoms with Gasteiger partial charge in [0, 0.05) is 20.3 Å². The molecule has 0 unspecified atom stereocenters. The zero-order valence-electron chi connectivity index (χ0n) is 10.1. The lowest BCUT2D eigenvalue weighted by molar-refractivity contribution is -0.119. The first-order chi connectivity index (χ1) is 8.65. The molecule has 0 fully saturated rings. The van der Waals surface area contributed by atoms with Gasteiger partial charge in [0.05, 0.1) is 17.3 Å². The number of ether oxygens (including phenoxy) is 1. The fraction of sp³-hybridized carbons (Fsp3) is 0.417. The van der Waals surface area contributed by atoms with Crippen molar-refractivity contribution in [1.82, 2.24) is 5.32 Å². The smallest absolute Gasteiger partial charge is 0.239 e. The fourth-order valence-corrected chi connectivity index (χ4v) is 1.57. The van der Waals surface area contributed by atoms with Gasteiger partial charge in [0.15, 0.2) is 0 Å². The maximum absolute atomic E-state index is 13.4. The quantitative estimate of drug-likeness (QED) is 0.748. The third-order valence-corrected chi connectivity index (χ3v) is 2.55. The van der Waals surface area contributed by atoms with Gasteiger partial charge in [-0.25, -0.2) is 4.39 Å². The maximum Gasteiger partial charge on any atom is 0.239 e. The predicted octanol–water partition coefficient (Wildman–Crippen LogP) is 2.04. The molecule has 0 atom stereocenters. The van der Waals surface area contributed by atoms with Gasteiger partial charge in [0.2, 0.25) is 5.91 Å². The summed E-state index contributed by atoms with van der Waals surface area (Å²) >= 11 is 5.81. The van der Waals surface area contributed by atoms with Crippen molar-refractivity contribution < 1.29 is 13.9 Å². The molecule has 1 rings (SSSR count). The molecular weight excluding hydrogens is 259 g/mol. The summed E-state index contributed by atoms with van der Waals surface area (Å²) in [5.74, 6) is -0.694. The SMILES string of the molecule is COCCCNC(=O)CNc1c(F)cccc1Cl. The van der Waals surface area contributed by atoms with E-state index in [0.717, 1.165) is 6.42 Å². The lowest BCUT2D eigenvalue weighted by Crippen LogP contribution is -2.31. The van der Waals surface area contributed by atoms with Crippen molar-refractivity contribution in [3.8, 4) is 0 Å². The van der Waals surface area contributed by atoms with Crippen molar-refractivity contribution in [2.45, 2.75) is 6.42 Å². The lowest BCUT2D eigenvalue weighted by atomic mass is 10.3. The standard InChI is InChI=1S/C12H16ClFN2O2/c1-18-7-3-6-15-11(17)8-16-12-9(13)4-2-5-10(12)14/h2,4-5,16H,3,6-8H2,1H3,(H,15,17). The number of halogens is 2. The minimum Gasteiger partial charge on any atom is -0.385 e. The third kappa shape index (κ3) is 4.89. The summed E-state index contributed by atoms with van der Waals surface area (Å²) in [7, 11) is 1.60. The second-order valence-electron chi connectivity index (χ2n) is 3.65. The summed E-state index contributed by atoms with van der Waals surface area (Å²) in [5.41, 5.74) is 0.145. The molecule has 6 heteroatoms. The molecule has 0 saturated carbocycles. The van der Waals surface area contributed by atoms with E-state index in [0.29, 0.717) is 13.2 Å². The van der Waals surface area contributed by atoms with Crippen LogP contribution < -0.4 is 10.6 Å². The molecule has 0 aromatic heterocycles. The Labute approximate surface area is 110 Å². The van der Waals surface area contributed by atoms with Crippen LogP contribution >= 0.6 is 11.6 Å². The molecule has 100 valence electrons. The first kappa shape index (κ1) is 14.7. The minimum absolute atomic E-state index is 0.0202. The molecule has 0 bridgehead atoms. The number of amides is 1. The van der Waals surface area contributed by atoms with Gasteiger partial charge >= 0.3 is 0 Å². The highest BCUT2D eigenvalue weighted by Gasteiger charge is 2.07. The average Bonchev–Trinajstić information content (AvgIpc) is 2.34. The average molecular weight is 275 g/mol. The number of methoxy groups -OCH3 is 1. The van der Waals surface area contributed by atoms with Crippen LogP contribution in [0.4, 0.5) is 10.1 Å². The molecule has 1 aromatic carbocycles. The maximum atomic E-state index is 13.4. The van der Waals surface area contributed by atoms with Crippen molar-refractivity contribution >= 4 is 23.2 Å². The Morgan fingerprint density at radius 2 is 2.28 bits per heavy atom. The molecule has 18 heavy (non-hydrogen) atoms. The van der Waals surface area contributed by atoms with E-state index < -0.39 is 5.82 Å². The van der Waals surface area contributed by atoms with Crippen LogP contribution in [-0.4, -0.2) is 32.7 Å². The highest BCUT2D eigenvalue weighted by Crippen LogP contribution is 2.23. The molecule has 4 nitrogen and oxygen atoms in total. The molecule has 2 N–H and O–H groups in total. The highest BCUT2D eigenvalue weighted by atomic mass is 35.5. The van der Waals surface area contributed by atoms with Crippen molar-refractivity contribution in [2.75, 3.05) is 32.1 Å². The van der Waals surface area contributed by atoms with Crippen molar-refractivity contribution in [3.05, 3.63) is 29.0 Å². The molecule has 0 spiro atoms. The highest BCUT2D eigenvalue weighted by molar-refractivity contribution is 6.33. The number of hydrogen-bond acceptors (Lipinski definition) is 3. The topological polar surface area (TPSA) is 50.4 Å². The zero-order chi connectivity index (χ0) is 13.4. The van der Waals surface area contributed by atoms with Gasteiger partial charge in [-0.3, -0.25) is 4.79 Å². The zero-order valence-corrected chi connectivity index (χ0v) is 10.9. The molecule has 1 aromatic rings. The van der Waals surface area contributed by atoms with Crippen LogP contribution in [0.5, 0.6) is 0 Å². The Morgan fingerprint density at radius 1 is 1.50 bits per heavy atom. The molecule has 1 amide bonds. The van der Waals surface area contributed by atoms with Crippen LogP contribution in [0.15, 0.2) is 18.2 Å². The van der Waals surface area contributed by atoms with Crippen LogP contribution in [0.3, 0.4) is 0 Å². The predicted molar refractivity (Wildman–Crippen MR) is 69.4 cm³/mol. The Balaban J connectivity index is 2.34. The Kier molecular flexibility index (Phi) is 6.46. The first-order valence-electron chi connectivity index (χ1n) is 5.58. The van der Waals surface area contributed by atoms with Gasteiger partial charge in [0.1, 0.15) is 5.82 Å². The summed E-state index contributed by atoms with van der Waals surface area (Å²) in [5, 5.41) is 5.60. The first-order valence-corrected chi connectivity index (χ1v) is 5.96. The van der Waals surface area contributed by atoms with E-state index in [4.69, 9.17) is 16.3 Å². The molecule has 0 saturated heterocycles. The summed E-state index contributed by atoms with van der Waals surface area (Å²) in [6.07, 6.45) is 0.739. The van der Waals surface area contributed by atoms with Crippen LogP contribution in [0.1, 0.15) is 6.42 Å². The van der Waals surface area contributed by atoms with Gasteiger partial charge in [-0.05, 0) is 18.6 Å². The van der Waals surface area contributed by atoms with Crippen molar-refractivity contribution in [3.63, 3.8) is 0 Å². The van der Waals surface area contributed by atoms with Gasteiger partial charge in [0.25, 0.3) is 0 Å². The number of hydrogen-bond donors (Lipinski definition) is 2. The minimum atomic E-state index is -0.477. The van der Waals surface area contributed by atoms with Crippen LogP contribution in [0.2, 0.25) is 5.02 Å². The normalized spacial score (nSPS) is 10.2. The number of carbonyl (C=O) groups excluding carboxylic acids is 1. The van der Waals surface area contributed by atoms with E-state index in [1.54, 1.807) is 13.2 Å². The molecule has 0 heterocycles. The molecule has 0 aliphatic rings. The summed E-state index contributed by atoms with van der Waals surface area (Å²) in [6.45, 7) is 1.10. The van der Waals surface area contributed by atoms with Gasteiger partial charge in [-0.1, -0.05) is 17.7 Å². The van der Waals surface area contributed by atoms with Crippen LogP contribution in [0, 0.1) is 5.82 Å². The summed E-state index contributed by atoms with van der Waals surface area (Å²) < 4.78 is 18.2. The monoisotopic (exact) mass is 274 g/mol. The molecule has 0 aliphatic carbocycles. The molecular formula is C12H16ClFN2O2. The number of para-hydroxylation sites is 1. The number of rotatable bonds is 7. The Morgan fingerprint density at radius 3 is 2.94 bits per heavy atom. The number of anilines is 1. The summed E-state index contributed by atoms with van der Waals surface area (Å²) in [4.78, 5) is 11.4. The third-order valence-electron chi connectivity index (χ3n) is 2.24. The number of carbonyl (C=O) groups is 1. The second kappa shape index (κ2) is 7.89. The second-order valence-corrected chi connectivity index (χ2v) is 4.05. The van der Waals surface area contributed by atoms with E-state index >= 15 is 0 Å². The van der Waals surface area contributed by atoms with Gasteiger partial charge < -0.3 is 15.4 Å². The number of benzene rings is 1.